The summed E-state index contributed by atoms with van der Waals surface area (Å²) in [5.41, 5.74) is 3.06. The van der Waals surface area contributed by atoms with E-state index in [0.29, 0.717) is 5.56 Å². The largest absolute Gasteiger partial charge is 0.508 e. The minimum Gasteiger partial charge on any atom is -0.508 e. The number of nitrogens with zero attached hydrogens (tertiary/aromatic N) is 2. The van der Waals surface area contributed by atoms with Gasteiger partial charge in [0, 0.05) is 13.6 Å². The summed E-state index contributed by atoms with van der Waals surface area (Å²) in [5.74, 6) is -0.713. The van der Waals surface area contributed by atoms with Gasteiger partial charge in [-0.25, -0.2) is 9.69 Å². The highest BCUT2D eigenvalue weighted by molar-refractivity contribution is 6.23. The third-order valence-corrected chi connectivity index (χ3v) is 5.07. The molecule has 1 heterocycles. The number of alkyl halides is 3. The SMILES string of the molecule is CN1C(=O)N(c2ccc(CN)c(C(F)(F)F)c2)C(=O)[C@@]1(C)c1ccc(O)cc1. The summed E-state index contributed by atoms with van der Waals surface area (Å²) in [6.07, 6.45) is -4.68. The Morgan fingerprint density at radius 3 is 2.25 bits per heavy atom. The van der Waals surface area contributed by atoms with E-state index in [-0.39, 0.29) is 23.5 Å². The summed E-state index contributed by atoms with van der Waals surface area (Å²) < 4.78 is 40.1. The van der Waals surface area contributed by atoms with Crippen LogP contribution in [0.2, 0.25) is 0 Å². The molecule has 2 aromatic rings. The Balaban J connectivity index is 2.10. The van der Waals surface area contributed by atoms with Gasteiger partial charge in [0.25, 0.3) is 5.91 Å². The number of rotatable bonds is 3. The zero-order chi connectivity index (χ0) is 20.9. The number of hydrogen-bond acceptors (Lipinski definition) is 4. The van der Waals surface area contributed by atoms with Crippen molar-refractivity contribution in [3.63, 3.8) is 0 Å². The van der Waals surface area contributed by atoms with Crippen LogP contribution >= 0.6 is 0 Å². The highest BCUT2D eigenvalue weighted by Crippen LogP contribution is 2.41. The molecule has 1 saturated heterocycles. The summed E-state index contributed by atoms with van der Waals surface area (Å²) in [5, 5.41) is 9.46. The molecular formula is C19H18F3N3O3. The Hall–Kier alpha value is -3.07. The lowest BCUT2D eigenvalue weighted by atomic mass is 9.90. The molecule has 0 saturated carbocycles. The maximum absolute atomic E-state index is 13.4. The predicted molar refractivity (Wildman–Crippen MR) is 95.4 cm³/mol. The lowest BCUT2D eigenvalue weighted by molar-refractivity contribution is -0.138. The second-order valence-corrected chi connectivity index (χ2v) is 6.64. The molecule has 0 radical (unpaired) electrons. The second kappa shape index (κ2) is 6.52. The van der Waals surface area contributed by atoms with Crippen molar-refractivity contribution in [2.24, 2.45) is 5.73 Å². The monoisotopic (exact) mass is 393 g/mol. The lowest BCUT2D eigenvalue weighted by Gasteiger charge is -2.28. The maximum Gasteiger partial charge on any atom is 0.416 e. The van der Waals surface area contributed by atoms with Crippen molar-refractivity contribution in [2.45, 2.75) is 25.2 Å². The fraction of sp³-hybridized carbons (Fsp3) is 0.263. The van der Waals surface area contributed by atoms with Crippen LogP contribution in [0.3, 0.4) is 0 Å². The van der Waals surface area contributed by atoms with Gasteiger partial charge >= 0.3 is 12.2 Å². The fourth-order valence-electron chi connectivity index (χ4n) is 3.27. The average Bonchev–Trinajstić information content (AvgIpc) is 2.82. The number of nitrogens with two attached hydrogens (primary N) is 1. The van der Waals surface area contributed by atoms with Gasteiger partial charge in [-0.1, -0.05) is 18.2 Å². The first-order chi connectivity index (χ1) is 13.0. The van der Waals surface area contributed by atoms with E-state index in [2.05, 4.69) is 0 Å². The zero-order valence-electron chi connectivity index (χ0n) is 15.1. The number of carbonyl (C=O) groups excluding carboxylic acids is 2. The van der Waals surface area contributed by atoms with Crippen LogP contribution in [0.4, 0.5) is 23.7 Å². The third-order valence-electron chi connectivity index (χ3n) is 5.07. The molecule has 1 atom stereocenters. The molecular weight excluding hydrogens is 375 g/mol. The van der Waals surface area contributed by atoms with Crippen LogP contribution in [0.1, 0.15) is 23.6 Å². The molecule has 1 aliphatic rings. The normalized spacial score (nSPS) is 20.2. The van der Waals surface area contributed by atoms with Gasteiger partial charge in [0.05, 0.1) is 11.3 Å². The van der Waals surface area contributed by atoms with Crippen LogP contribution in [-0.4, -0.2) is 29.0 Å². The van der Waals surface area contributed by atoms with Gasteiger partial charge in [0.15, 0.2) is 0 Å². The first-order valence-corrected chi connectivity index (χ1v) is 8.34. The number of carbonyl (C=O) groups is 2. The molecule has 0 unspecified atom stereocenters. The smallest absolute Gasteiger partial charge is 0.416 e. The summed E-state index contributed by atoms with van der Waals surface area (Å²) >= 11 is 0. The lowest BCUT2D eigenvalue weighted by Crippen LogP contribution is -2.42. The highest BCUT2D eigenvalue weighted by atomic mass is 19.4. The third kappa shape index (κ3) is 2.88. The standard InChI is InChI=1S/C19H18F3N3O3/c1-18(12-4-7-14(26)8-5-12)16(27)25(17(28)24(18)2)13-6-3-11(10-23)15(9-13)19(20,21)22/h3-9,26H,10,23H2,1-2H3/t18-/m1/s1. The Morgan fingerprint density at radius 2 is 1.71 bits per heavy atom. The first kappa shape index (κ1) is 19.7. The average molecular weight is 393 g/mol. The Labute approximate surface area is 159 Å². The molecule has 3 N–H and O–H groups in total. The highest BCUT2D eigenvalue weighted by Gasteiger charge is 2.54. The van der Waals surface area contributed by atoms with E-state index in [1.54, 1.807) is 0 Å². The van der Waals surface area contributed by atoms with Crippen LogP contribution in [-0.2, 0) is 23.1 Å². The number of urea groups is 1. The molecule has 0 bridgehead atoms. The van der Waals surface area contributed by atoms with Gasteiger partial charge in [-0.2, -0.15) is 13.2 Å². The van der Waals surface area contributed by atoms with Crippen molar-refractivity contribution in [2.75, 3.05) is 11.9 Å². The number of anilines is 1. The minimum atomic E-state index is -4.68. The minimum absolute atomic E-state index is 0.0178. The molecule has 148 valence electrons. The van der Waals surface area contributed by atoms with Crippen LogP contribution in [0.15, 0.2) is 42.5 Å². The van der Waals surface area contributed by atoms with E-state index in [0.717, 1.165) is 21.9 Å². The fourth-order valence-corrected chi connectivity index (χ4v) is 3.27. The Kier molecular flexibility index (Phi) is 4.58. The van der Waals surface area contributed by atoms with E-state index >= 15 is 0 Å². The molecule has 0 aliphatic carbocycles. The topological polar surface area (TPSA) is 86.9 Å². The van der Waals surface area contributed by atoms with E-state index < -0.39 is 29.2 Å². The zero-order valence-corrected chi connectivity index (χ0v) is 15.1. The van der Waals surface area contributed by atoms with Gasteiger partial charge in [-0.15, -0.1) is 0 Å². The molecule has 0 spiro atoms. The molecule has 9 heteroatoms. The molecule has 3 amide bonds. The Morgan fingerprint density at radius 1 is 1.11 bits per heavy atom. The molecule has 6 nitrogen and oxygen atoms in total. The molecule has 1 aliphatic heterocycles. The van der Waals surface area contributed by atoms with E-state index in [4.69, 9.17) is 5.73 Å². The number of imide groups is 1. The van der Waals surface area contributed by atoms with Crippen molar-refractivity contribution >= 4 is 17.6 Å². The van der Waals surface area contributed by atoms with Crippen LogP contribution < -0.4 is 10.6 Å². The van der Waals surface area contributed by atoms with Crippen LogP contribution in [0, 0.1) is 0 Å². The summed E-state index contributed by atoms with van der Waals surface area (Å²) in [6, 6.07) is 8.14. The van der Waals surface area contributed by atoms with E-state index in [1.165, 1.54) is 44.3 Å². The number of benzene rings is 2. The van der Waals surface area contributed by atoms with E-state index in [1.807, 2.05) is 0 Å². The first-order valence-electron chi connectivity index (χ1n) is 8.34. The van der Waals surface area contributed by atoms with Crippen molar-refractivity contribution in [1.29, 1.82) is 0 Å². The number of aromatic hydroxyl groups is 1. The number of amides is 3. The number of phenols is 1. The van der Waals surface area contributed by atoms with Gasteiger partial charge in [-0.3, -0.25) is 4.79 Å². The van der Waals surface area contributed by atoms with Gasteiger partial charge < -0.3 is 15.7 Å². The molecule has 28 heavy (non-hydrogen) atoms. The Bertz CT molecular complexity index is 944. The van der Waals surface area contributed by atoms with Crippen molar-refractivity contribution in [3.05, 3.63) is 59.2 Å². The number of likely N-dealkylation sites (N-methyl/N-ethyl adjacent to an activating group) is 1. The summed E-state index contributed by atoms with van der Waals surface area (Å²) in [4.78, 5) is 27.8. The van der Waals surface area contributed by atoms with Crippen LogP contribution in [0.25, 0.3) is 0 Å². The molecule has 3 rings (SSSR count). The summed E-state index contributed by atoms with van der Waals surface area (Å²) in [6.45, 7) is 1.17. The molecule has 2 aromatic carbocycles. The van der Waals surface area contributed by atoms with Gasteiger partial charge in [0.1, 0.15) is 11.3 Å². The van der Waals surface area contributed by atoms with Crippen molar-refractivity contribution < 1.29 is 27.9 Å². The second-order valence-electron chi connectivity index (χ2n) is 6.64. The van der Waals surface area contributed by atoms with E-state index in [9.17, 15) is 27.9 Å². The van der Waals surface area contributed by atoms with Crippen molar-refractivity contribution in [3.8, 4) is 5.75 Å². The molecule has 1 fully saturated rings. The maximum atomic E-state index is 13.4. The van der Waals surface area contributed by atoms with Crippen molar-refractivity contribution in [1.82, 2.24) is 4.90 Å². The van der Waals surface area contributed by atoms with Gasteiger partial charge in [-0.05, 0) is 42.3 Å². The quantitative estimate of drug-likeness (QED) is 0.785. The van der Waals surface area contributed by atoms with Crippen LogP contribution in [0.5, 0.6) is 5.75 Å². The number of hydrogen-bond donors (Lipinski definition) is 2. The number of halogens is 3. The predicted octanol–water partition coefficient (Wildman–Crippen LogP) is 3.18. The summed E-state index contributed by atoms with van der Waals surface area (Å²) in [7, 11) is 1.39. The molecule has 0 aromatic heterocycles. The number of phenolic OH excluding ortho intramolecular Hbond substituents is 1. The van der Waals surface area contributed by atoms with Gasteiger partial charge in [0.2, 0.25) is 0 Å².